The third-order valence-electron chi connectivity index (χ3n) is 2.25. The van der Waals surface area contributed by atoms with Gasteiger partial charge in [0.25, 0.3) is 0 Å². The molecule has 0 aliphatic carbocycles. The standard InChI is InChI=1S/C11H24N2O4/c1-13-10(11(12)14)4-7-17-9-8-16-6-3-5-15-2/h10,13H,3-9H2,1-2H3,(H2,12,14). The molecule has 0 saturated heterocycles. The van der Waals surface area contributed by atoms with Crippen LogP contribution < -0.4 is 11.1 Å². The van der Waals surface area contributed by atoms with Gasteiger partial charge in [-0.2, -0.15) is 0 Å². The second-order valence-corrected chi connectivity index (χ2v) is 3.60. The third-order valence-corrected chi connectivity index (χ3v) is 2.25. The molecule has 0 heterocycles. The van der Waals surface area contributed by atoms with E-state index in [0.29, 0.717) is 39.5 Å². The van der Waals surface area contributed by atoms with Gasteiger partial charge in [-0.1, -0.05) is 0 Å². The van der Waals surface area contributed by atoms with Gasteiger partial charge in [-0.25, -0.2) is 0 Å². The molecule has 1 amide bonds. The van der Waals surface area contributed by atoms with Crippen LogP contribution in [0.25, 0.3) is 0 Å². The van der Waals surface area contributed by atoms with Gasteiger partial charge in [-0.3, -0.25) is 4.79 Å². The van der Waals surface area contributed by atoms with Crippen molar-refractivity contribution in [2.75, 3.05) is 47.2 Å². The number of carbonyl (C=O) groups excluding carboxylic acids is 1. The fraction of sp³-hybridized carbons (Fsp3) is 0.909. The van der Waals surface area contributed by atoms with Gasteiger partial charge >= 0.3 is 0 Å². The molecular formula is C11H24N2O4. The molecule has 1 atom stereocenters. The molecule has 1 unspecified atom stereocenters. The fourth-order valence-electron chi connectivity index (χ4n) is 1.26. The molecular weight excluding hydrogens is 224 g/mol. The summed E-state index contributed by atoms with van der Waals surface area (Å²) in [6.45, 7) is 2.98. The van der Waals surface area contributed by atoms with Gasteiger partial charge in [0.1, 0.15) is 0 Å². The fourth-order valence-corrected chi connectivity index (χ4v) is 1.26. The van der Waals surface area contributed by atoms with Crippen molar-refractivity contribution in [3.63, 3.8) is 0 Å². The molecule has 0 aliphatic rings. The average molecular weight is 248 g/mol. The first kappa shape index (κ1) is 16.3. The third kappa shape index (κ3) is 10.2. The Hall–Kier alpha value is -0.690. The van der Waals surface area contributed by atoms with Crippen LogP contribution in [0.4, 0.5) is 0 Å². The summed E-state index contributed by atoms with van der Waals surface area (Å²) in [5.74, 6) is -0.355. The normalized spacial score (nSPS) is 12.6. The van der Waals surface area contributed by atoms with E-state index in [4.69, 9.17) is 19.9 Å². The zero-order valence-corrected chi connectivity index (χ0v) is 10.7. The Bertz CT molecular complexity index is 190. The van der Waals surface area contributed by atoms with Crippen LogP contribution in [0.3, 0.4) is 0 Å². The van der Waals surface area contributed by atoms with Crippen LogP contribution >= 0.6 is 0 Å². The van der Waals surface area contributed by atoms with Gasteiger partial charge in [0.15, 0.2) is 0 Å². The molecule has 17 heavy (non-hydrogen) atoms. The van der Waals surface area contributed by atoms with Crippen LogP contribution in [0.15, 0.2) is 0 Å². The minimum absolute atomic E-state index is 0.322. The van der Waals surface area contributed by atoms with Crippen LogP contribution in [-0.2, 0) is 19.0 Å². The minimum atomic E-state index is -0.355. The van der Waals surface area contributed by atoms with Crippen molar-refractivity contribution in [1.29, 1.82) is 0 Å². The first-order valence-corrected chi connectivity index (χ1v) is 5.83. The second kappa shape index (κ2) is 11.8. The Labute approximate surface area is 103 Å². The number of ether oxygens (including phenoxy) is 3. The molecule has 0 saturated carbocycles. The lowest BCUT2D eigenvalue weighted by atomic mass is 10.2. The Morgan fingerprint density at radius 2 is 1.82 bits per heavy atom. The monoisotopic (exact) mass is 248 g/mol. The summed E-state index contributed by atoms with van der Waals surface area (Å²) in [5, 5.41) is 2.83. The maximum atomic E-state index is 10.9. The number of nitrogens with two attached hydrogens (primary N) is 1. The van der Waals surface area contributed by atoms with Gasteiger partial charge < -0.3 is 25.3 Å². The maximum absolute atomic E-state index is 10.9. The zero-order valence-electron chi connectivity index (χ0n) is 10.7. The number of rotatable bonds is 12. The molecule has 0 aromatic heterocycles. The number of primary amides is 1. The second-order valence-electron chi connectivity index (χ2n) is 3.60. The molecule has 6 nitrogen and oxygen atoms in total. The number of nitrogens with one attached hydrogen (secondary N) is 1. The molecule has 6 heteroatoms. The summed E-state index contributed by atoms with van der Waals surface area (Å²) < 4.78 is 15.5. The van der Waals surface area contributed by atoms with Gasteiger partial charge in [0.05, 0.1) is 19.3 Å². The summed E-state index contributed by atoms with van der Waals surface area (Å²) >= 11 is 0. The highest BCUT2D eigenvalue weighted by molar-refractivity contribution is 5.79. The topological polar surface area (TPSA) is 82.8 Å². The smallest absolute Gasteiger partial charge is 0.234 e. The van der Waals surface area contributed by atoms with Gasteiger partial charge in [-0.05, 0) is 19.9 Å². The van der Waals surface area contributed by atoms with Gasteiger partial charge in [-0.15, -0.1) is 0 Å². The van der Waals surface area contributed by atoms with Crippen molar-refractivity contribution in [3.05, 3.63) is 0 Å². The Morgan fingerprint density at radius 3 is 2.35 bits per heavy atom. The molecule has 3 N–H and O–H groups in total. The molecule has 0 aliphatic heterocycles. The van der Waals surface area contributed by atoms with E-state index in [9.17, 15) is 4.79 Å². The van der Waals surface area contributed by atoms with Crippen molar-refractivity contribution in [1.82, 2.24) is 5.32 Å². The van der Waals surface area contributed by atoms with Crippen LogP contribution in [-0.4, -0.2) is 59.1 Å². The minimum Gasteiger partial charge on any atom is -0.385 e. The first-order chi connectivity index (χ1) is 8.22. The molecule has 0 fully saturated rings. The van der Waals surface area contributed by atoms with Crippen LogP contribution in [0.5, 0.6) is 0 Å². The van der Waals surface area contributed by atoms with E-state index in [1.54, 1.807) is 14.2 Å². The predicted molar refractivity (Wildman–Crippen MR) is 64.8 cm³/mol. The highest BCUT2D eigenvalue weighted by Crippen LogP contribution is 1.92. The van der Waals surface area contributed by atoms with Gasteiger partial charge in [0, 0.05) is 26.9 Å². The lowest BCUT2D eigenvalue weighted by Crippen LogP contribution is -2.39. The number of carbonyl (C=O) groups is 1. The summed E-state index contributed by atoms with van der Waals surface area (Å²) in [4.78, 5) is 10.9. The van der Waals surface area contributed by atoms with Crippen molar-refractivity contribution in [3.8, 4) is 0 Å². The van der Waals surface area contributed by atoms with E-state index in [2.05, 4.69) is 5.32 Å². The molecule has 0 spiro atoms. The first-order valence-electron chi connectivity index (χ1n) is 5.83. The molecule has 0 rings (SSSR count). The molecule has 0 aromatic rings. The van der Waals surface area contributed by atoms with E-state index in [1.165, 1.54) is 0 Å². The Morgan fingerprint density at radius 1 is 1.18 bits per heavy atom. The number of hydrogen-bond acceptors (Lipinski definition) is 5. The summed E-state index contributed by atoms with van der Waals surface area (Å²) in [6.07, 6.45) is 1.47. The Kier molecular flexibility index (Phi) is 11.3. The number of likely N-dealkylation sites (N-methyl/N-ethyl adjacent to an activating group) is 1. The highest BCUT2D eigenvalue weighted by atomic mass is 16.5. The van der Waals surface area contributed by atoms with Crippen LogP contribution in [0.2, 0.25) is 0 Å². The number of methoxy groups -OCH3 is 1. The molecule has 102 valence electrons. The molecule has 0 bridgehead atoms. The van der Waals surface area contributed by atoms with E-state index < -0.39 is 0 Å². The lowest BCUT2D eigenvalue weighted by molar-refractivity contribution is -0.120. The highest BCUT2D eigenvalue weighted by Gasteiger charge is 2.11. The predicted octanol–water partition coefficient (Wildman–Crippen LogP) is -0.480. The van der Waals surface area contributed by atoms with Crippen molar-refractivity contribution < 1.29 is 19.0 Å². The van der Waals surface area contributed by atoms with Gasteiger partial charge in [0.2, 0.25) is 5.91 Å². The van der Waals surface area contributed by atoms with Crippen LogP contribution in [0, 0.1) is 0 Å². The number of amides is 1. The van der Waals surface area contributed by atoms with E-state index >= 15 is 0 Å². The zero-order chi connectivity index (χ0) is 12.9. The molecule has 0 aromatic carbocycles. The van der Waals surface area contributed by atoms with Crippen LogP contribution in [0.1, 0.15) is 12.8 Å². The summed E-state index contributed by atoms with van der Waals surface area (Å²) in [7, 11) is 3.37. The largest absolute Gasteiger partial charge is 0.385 e. The quantitative estimate of drug-likeness (QED) is 0.456. The average Bonchev–Trinajstić information content (AvgIpc) is 2.31. The van der Waals surface area contributed by atoms with E-state index in [-0.39, 0.29) is 11.9 Å². The summed E-state index contributed by atoms with van der Waals surface area (Å²) in [6, 6.07) is -0.322. The van der Waals surface area contributed by atoms with E-state index in [0.717, 1.165) is 6.42 Å². The SMILES string of the molecule is CNC(CCOCCOCCCOC)C(N)=O. The Balaban J connectivity index is 3.20. The van der Waals surface area contributed by atoms with Crippen molar-refractivity contribution >= 4 is 5.91 Å². The molecule has 0 radical (unpaired) electrons. The lowest BCUT2D eigenvalue weighted by Gasteiger charge is -2.12. The number of hydrogen-bond donors (Lipinski definition) is 2. The van der Waals surface area contributed by atoms with Crippen molar-refractivity contribution in [2.45, 2.75) is 18.9 Å². The summed E-state index contributed by atoms with van der Waals surface area (Å²) in [5.41, 5.74) is 5.16. The van der Waals surface area contributed by atoms with Crippen molar-refractivity contribution in [2.24, 2.45) is 5.73 Å². The van der Waals surface area contributed by atoms with E-state index in [1.807, 2.05) is 0 Å². The maximum Gasteiger partial charge on any atom is 0.234 e.